The second-order valence-corrected chi connectivity index (χ2v) is 10.2. The first-order valence-electron chi connectivity index (χ1n) is 13.1. The van der Waals surface area contributed by atoms with Crippen LogP contribution in [0.3, 0.4) is 0 Å². The van der Waals surface area contributed by atoms with Crippen molar-refractivity contribution in [1.82, 2.24) is 5.48 Å². The van der Waals surface area contributed by atoms with E-state index in [9.17, 15) is 4.79 Å². The van der Waals surface area contributed by atoms with Crippen LogP contribution in [-0.4, -0.2) is 33.0 Å². The standard InChI is InChI=1S/C33H38N2O6/c1-23(34-41-21-26-10-8-9-11-29(26)30(22-37-5)32(36)38-6)31(35-39-7)25-14-18-28(19-15-25)40-20-24-12-16-27(17-13-24)33(2,3)4/h8-19,22,34H,1,20-21H2,2-7H3. The quantitative estimate of drug-likeness (QED) is 0.0865. The van der Waals surface area contributed by atoms with E-state index in [1.54, 1.807) is 6.07 Å². The van der Waals surface area contributed by atoms with Crippen LogP contribution in [0.15, 0.2) is 96.5 Å². The highest BCUT2D eigenvalue weighted by atomic mass is 16.6. The maximum atomic E-state index is 12.3. The molecule has 0 spiro atoms. The summed E-state index contributed by atoms with van der Waals surface area (Å²) in [5, 5.41) is 4.12. The van der Waals surface area contributed by atoms with Gasteiger partial charge in [0.1, 0.15) is 37.4 Å². The van der Waals surface area contributed by atoms with E-state index in [1.807, 2.05) is 42.5 Å². The van der Waals surface area contributed by atoms with Gasteiger partial charge in [0.05, 0.1) is 26.2 Å². The number of carbonyl (C=O) groups excluding carboxylic acids is 1. The number of hydroxylamine groups is 1. The van der Waals surface area contributed by atoms with Gasteiger partial charge in [-0.2, -0.15) is 0 Å². The molecule has 0 saturated heterocycles. The van der Waals surface area contributed by atoms with Crippen LogP contribution in [0.4, 0.5) is 0 Å². The SMILES string of the molecule is C=C(NOCc1ccccc1C(=COC)C(=O)OC)C(=NOC)c1ccc(OCc2ccc(C(C)(C)C)cc2)cc1. The number of ether oxygens (including phenoxy) is 3. The minimum absolute atomic E-state index is 0.112. The first-order chi connectivity index (χ1) is 19.7. The van der Waals surface area contributed by atoms with Crippen LogP contribution < -0.4 is 10.2 Å². The van der Waals surface area contributed by atoms with Gasteiger partial charge in [0.2, 0.25) is 0 Å². The average Bonchev–Trinajstić information content (AvgIpc) is 2.97. The highest BCUT2D eigenvalue weighted by Crippen LogP contribution is 2.24. The predicted octanol–water partition coefficient (Wildman–Crippen LogP) is 6.31. The number of esters is 1. The van der Waals surface area contributed by atoms with Gasteiger partial charge in [-0.15, -0.1) is 0 Å². The topological polar surface area (TPSA) is 87.6 Å². The Bertz CT molecular complexity index is 1370. The summed E-state index contributed by atoms with van der Waals surface area (Å²) in [5.41, 5.74) is 8.56. The summed E-state index contributed by atoms with van der Waals surface area (Å²) in [6, 6.07) is 23.2. The molecule has 0 aliphatic rings. The van der Waals surface area contributed by atoms with Gasteiger partial charge in [0.25, 0.3) is 0 Å². The second kappa shape index (κ2) is 14.7. The van der Waals surface area contributed by atoms with Crippen LogP contribution in [0.25, 0.3) is 5.57 Å². The molecule has 0 bridgehead atoms. The van der Waals surface area contributed by atoms with E-state index < -0.39 is 5.97 Å². The van der Waals surface area contributed by atoms with Crippen LogP contribution in [0.5, 0.6) is 5.75 Å². The van der Waals surface area contributed by atoms with E-state index in [1.165, 1.54) is 33.2 Å². The van der Waals surface area contributed by atoms with Crippen LogP contribution in [0, 0.1) is 0 Å². The molecule has 0 heterocycles. The first-order valence-corrected chi connectivity index (χ1v) is 13.1. The fraction of sp³-hybridized carbons (Fsp3) is 0.273. The van der Waals surface area contributed by atoms with Crippen molar-refractivity contribution >= 4 is 17.3 Å². The number of methoxy groups -OCH3 is 2. The van der Waals surface area contributed by atoms with Gasteiger partial charge >= 0.3 is 5.97 Å². The molecule has 0 unspecified atom stereocenters. The van der Waals surface area contributed by atoms with Crippen molar-refractivity contribution in [2.75, 3.05) is 21.3 Å². The largest absolute Gasteiger partial charge is 0.503 e. The number of oxime groups is 1. The molecule has 0 aliphatic carbocycles. The number of hydrogen-bond acceptors (Lipinski definition) is 8. The normalized spacial score (nSPS) is 12.0. The summed E-state index contributed by atoms with van der Waals surface area (Å²) < 4.78 is 15.9. The highest BCUT2D eigenvalue weighted by Gasteiger charge is 2.17. The Morgan fingerprint density at radius 2 is 1.61 bits per heavy atom. The van der Waals surface area contributed by atoms with Crippen molar-refractivity contribution in [2.24, 2.45) is 5.16 Å². The third kappa shape index (κ3) is 8.71. The van der Waals surface area contributed by atoms with E-state index in [2.05, 4.69) is 62.3 Å². The van der Waals surface area contributed by atoms with E-state index in [0.29, 0.717) is 23.6 Å². The molecule has 3 rings (SSSR count). The maximum absolute atomic E-state index is 12.3. The number of nitrogens with one attached hydrogen (secondary N) is 1. The lowest BCUT2D eigenvalue weighted by atomic mass is 9.87. The van der Waals surface area contributed by atoms with Crippen molar-refractivity contribution in [3.8, 4) is 5.75 Å². The molecule has 3 aromatic carbocycles. The number of rotatable bonds is 13. The van der Waals surface area contributed by atoms with Gasteiger partial charge in [0.15, 0.2) is 0 Å². The maximum Gasteiger partial charge on any atom is 0.341 e. The molecular weight excluding hydrogens is 520 g/mol. The monoisotopic (exact) mass is 558 g/mol. The summed E-state index contributed by atoms with van der Waals surface area (Å²) in [4.78, 5) is 23.0. The zero-order chi connectivity index (χ0) is 29.8. The average molecular weight is 559 g/mol. The van der Waals surface area contributed by atoms with Crippen molar-refractivity contribution in [1.29, 1.82) is 0 Å². The lowest BCUT2D eigenvalue weighted by molar-refractivity contribution is -0.133. The second-order valence-electron chi connectivity index (χ2n) is 10.2. The van der Waals surface area contributed by atoms with Crippen LogP contribution in [-0.2, 0) is 42.6 Å². The molecule has 0 amide bonds. The molecule has 3 aromatic rings. The van der Waals surface area contributed by atoms with Gasteiger partial charge in [-0.1, -0.05) is 81.0 Å². The molecule has 0 fully saturated rings. The van der Waals surface area contributed by atoms with Gasteiger partial charge in [0, 0.05) is 5.56 Å². The summed E-state index contributed by atoms with van der Waals surface area (Å²) >= 11 is 0. The summed E-state index contributed by atoms with van der Waals surface area (Å²) in [6.45, 7) is 11.2. The number of allylic oxidation sites excluding steroid dienone is 1. The van der Waals surface area contributed by atoms with Gasteiger partial charge in [-0.3, -0.25) is 10.3 Å². The molecular formula is C33H38N2O6. The molecule has 0 radical (unpaired) electrons. The molecule has 0 saturated carbocycles. The molecule has 0 aliphatic heterocycles. The van der Waals surface area contributed by atoms with Crippen LogP contribution in [0.1, 0.15) is 48.6 Å². The molecule has 8 nitrogen and oxygen atoms in total. The number of carbonyl (C=O) groups is 1. The molecule has 0 atom stereocenters. The fourth-order valence-electron chi connectivity index (χ4n) is 3.96. The van der Waals surface area contributed by atoms with Crippen LogP contribution >= 0.6 is 0 Å². The summed E-state index contributed by atoms with van der Waals surface area (Å²) in [6.07, 6.45) is 1.34. The predicted molar refractivity (Wildman–Crippen MR) is 160 cm³/mol. The Morgan fingerprint density at radius 3 is 2.22 bits per heavy atom. The third-order valence-electron chi connectivity index (χ3n) is 6.19. The van der Waals surface area contributed by atoms with Gasteiger partial charge < -0.3 is 19.0 Å². The minimum Gasteiger partial charge on any atom is -0.503 e. The lowest BCUT2D eigenvalue weighted by Crippen LogP contribution is -2.21. The number of hydrogen-bond donors (Lipinski definition) is 1. The highest BCUT2D eigenvalue weighted by molar-refractivity contribution is 6.16. The zero-order valence-corrected chi connectivity index (χ0v) is 24.5. The van der Waals surface area contributed by atoms with Gasteiger partial charge in [-0.05, 0) is 51.9 Å². The Morgan fingerprint density at radius 1 is 0.927 bits per heavy atom. The zero-order valence-electron chi connectivity index (χ0n) is 24.5. The fourth-order valence-corrected chi connectivity index (χ4v) is 3.96. The number of benzene rings is 3. The van der Waals surface area contributed by atoms with E-state index in [-0.39, 0.29) is 17.6 Å². The van der Waals surface area contributed by atoms with Crippen molar-refractivity contribution in [3.05, 3.63) is 119 Å². The summed E-state index contributed by atoms with van der Waals surface area (Å²) in [7, 11) is 4.25. The third-order valence-corrected chi connectivity index (χ3v) is 6.19. The Kier molecular flexibility index (Phi) is 11.1. The lowest BCUT2D eigenvalue weighted by Gasteiger charge is -2.19. The van der Waals surface area contributed by atoms with Crippen molar-refractivity contribution in [3.63, 3.8) is 0 Å². The number of nitrogens with zero attached hydrogens (tertiary/aromatic N) is 1. The van der Waals surface area contributed by atoms with E-state index in [0.717, 1.165) is 22.4 Å². The molecule has 41 heavy (non-hydrogen) atoms. The first kappa shape index (κ1) is 31.0. The molecule has 216 valence electrons. The Balaban J connectivity index is 1.62. The van der Waals surface area contributed by atoms with Crippen LogP contribution in [0.2, 0.25) is 0 Å². The Labute approximate surface area is 242 Å². The molecule has 8 heteroatoms. The van der Waals surface area contributed by atoms with Crippen molar-refractivity contribution in [2.45, 2.75) is 39.4 Å². The minimum atomic E-state index is -0.517. The molecule has 0 aromatic heterocycles. The van der Waals surface area contributed by atoms with Gasteiger partial charge in [-0.25, -0.2) is 4.79 Å². The Hall–Kier alpha value is -4.56. The van der Waals surface area contributed by atoms with Crippen molar-refractivity contribution < 1.29 is 28.7 Å². The summed E-state index contributed by atoms with van der Waals surface area (Å²) in [5.74, 6) is 0.208. The smallest absolute Gasteiger partial charge is 0.341 e. The van der Waals surface area contributed by atoms with E-state index >= 15 is 0 Å². The molecule has 1 N–H and O–H groups in total. The van der Waals surface area contributed by atoms with E-state index in [4.69, 9.17) is 23.9 Å².